The van der Waals surface area contributed by atoms with Gasteiger partial charge in [-0.25, -0.2) is 8.42 Å². The first-order valence-electron chi connectivity index (χ1n) is 9.16. The predicted octanol–water partition coefficient (Wildman–Crippen LogP) is 2.04. The van der Waals surface area contributed by atoms with Gasteiger partial charge in [-0.1, -0.05) is 32.9 Å². The van der Waals surface area contributed by atoms with E-state index < -0.39 is 40.4 Å². The molecule has 8 nitrogen and oxygen atoms in total. The number of ether oxygens (including phenoxy) is 3. The van der Waals surface area contributed by atoms with Crippen LogP contribution in [0, 0.1) is 0 Å². The molecule has 0 fully saturated rings. The van der Waals surface area contributed by atoms with Crippen molar-refractivity contribution >= 4 is 22.0 Å². The Morgan fingerprint density at radius 1 is 1.07 bits per heavy atom. The van der Waals surface area contributed by atoms with Gasteiger partial charge in [-0.3, -0.25) is 9.59 Å². The van der Waals surface area contributed by atoms with E-state index in [0.29, 0.717) is 0 Å². The third-order valence-electron chi connectivity index (χ3n) is 4.22. The number of esters is 2. The van der Waals surface area contributed by atoms with Crippen LogP contribution in [0.5, 0.6) is 0 Å². The lowest BCUT2D eigenvalue weighted by atomic mass is 9.87. The fourth-order valence-electron chi connectivity index (χ4n) is 2.71. The topological polar surface area (TPSA) is 108 Å². The first kappa shape index (κ1) is 23.1. The molecular formula is C20H27NO7S. The zero-order valence-corrected chi connectivity index (χ0v) is 18.0. The minimum atomic E-state index is -3.86. The summed E-state index contributed by atoms with van der Waals surface area (Å²) in [7, 11) is -3.86. The summed E-state index contributed by atoms with van der Waals surface area (Å²) in [6.07, 6.45) is 0.311. The molecule has 3 atom stereocenters. The molecule has 0 unspecified atom stereocenters. The number of carbonyl (C=O) groups excluding carboxylic acids is 2. The van der Waals surface area contributed by atoms with Crippen molar-refractivity contribution in [2.45, 2.75) is 63.4 Å². The summed E-state index contributed by atoms with van der Waals surface area (Å²) in [6.45, 7) is 8.42. The minimum absolute atomic E-state index is 0.0966. The maximum absolute atomic E-state index is 12.7. The third kappa shape index (κ3) is 6.66. The summed E-state index contributed by atoms with van der Waals surface area (Å²) in [4.78, 5) is 22.4. The maximum atomic E-state index is 12.7. The van der Waals surface area contributed by atoms with Crippen LogP contribution in [0.4, 0.5) is 0 Å². The van der Waals surface area contributed by atoms with Crippen molar-refractivity contribution in [1.82, 2.24) is 4.72 Å². The van der Waals surface area contributed by atoms with Crippen molar-refractivity contribution in [2.75, 3.05) is 6.61 Å². The Bertz CT molecular complexity index is 869. The van der Waals surface area contributed by atoms with Gasteiger partial charge in [0.1, 0.15) is 25.0 Å². The van der Waals surface area contributed by atoms with Crippen molar-refractivity contribution in [1.29, 1.82) is 0 Å². The second kappa shape index (κ2) is 9.06. The van der Waals surface area contributed by atoms with E-state index >= 15 is 0 Å². The monoisotopic (exact) mass is 425 g/mol. The number of hydrogen-bond donors (Lipinski definition) is 1. The largest absolute Gasteiger partial charge is 0.463 e. The zero-order chi connectivity index (χ0) is 21.8. The standard InChI is InChI=1S/C20H27NO7S/c1-13(22)26-12-18-17(27-14(2)23)10-11-19(28-18)21-29(24,25)16-8-6-15(7-9-16)20(3,4)5/h6-11,17-19,21H,12H2,1-5H3/t17-,18+,19-/m0/s1. The summed E-state index contributed by atoms with van der Waals surface area (Å²) in [6, 6.07) is 6.61. The van der Waals surface area contributed by atoms with Crippen LogP contribution in [0.2, 0.25) is 0 Å². The molecule has 0 saturated heterocycles. The molecule has 0 amide bonds. The van der Waals surface area contributed by atoms with Crippen LogP contribution < -0.4 is 4.72 Å². The number of benzene rings is 1. The fraction of sp³-hybridized carbons (Fsp3) is 0.500. The van der Waals surface area contributed by atoms with Gasteiger partial charge in [0.15, 0.2) is 0 Å². The van der Waals surface area contributed by atoms with Crippen LogP contribution in [0.25, 0.3) is 0 Å². The van der Waals surface area contributed by atoms with Gasteiger partial charge < -0.3 is 14.2 Å². The lowest BCUT2D eigenvalue weighted by molar-refractivity contribution is -0.163. The van der Waals surface area contributed by atoms with Gasteiger partial charge in [-0.2, -0.15) is 4.72 Å². The van der Waals surface area contributed by atoms with Crippen molar-refractivity contribution in [3.05, 3.63) is 42.0 Å². The molecule has 1 N–H and O–H groups in total. The number of rotatable bonds is 6. The second-order valence-electron chi connectivity index (χ2n) is 7.75. The molecule has 9 heteroatoms. The Morgan fingerprint density at radius 3 is 2.21 bits per heavy atom. The summed E-state index contributed by atoms with van der Waals surface area (Å²) in [5.41, 5.74) is 0.913. The predicted molar refractivity (Wildman–Crippen MR) is 105 cm³/mol. The van der Waals surface area contributed by atoms with Crippen LogP contribution in [-0.2, 0) is 39.2 Å². The van der Waals surface area contributed by atoms with E-state index in [-0.39, 0.29) is 16.9 Å². The highest BCUT2D eigenvalue weighted by atomic mass is 32.2. The van der Waals surface area contributed by atoms with Gasteiger partial charge in [-0.05, 0) is 35.3 Å². The highest BCUT2D eigenvalue weighted by Crippen LogP contribution is 2.24. The molecule has 2 rings (SSSR count). The summed E-state index contributed by atoms with van der Waals surface area (Å²) in [5.74, 6) is -1.06. The molecule has 29 heavy (non-hydrogen) atoms. The molecule has 1 heterocycles. The van der Waals surface area contributed by atoms with E-state index in [1.165, 1.54) is 38.1 Å². The summed E-state index contributed by atoms with van der Waals surface area (Å²) < 4.78 is 43.6. The van der Waals surface area contributed by atoms with E-state index in [1.54, 1.807) is 12.1 Å². The zero-order valence-electron chi connectivity index (χ0n) is 17.2. The molecule has 1 aliphatic rings. The van der Waals surface area contributed by atoms with E-state index in [2.05, 4.69) is 4.72 Å². The van der Waals surface area contributed by atoms with E-state index in [4.69, 9.17) is 14.2 Å². The highest BCUT2D eigenvalue weighted by molar-refractivity contribution is 7.89. The van der Waals surface area contributed by atoms with E-state index in [9.17, 15) is 18.0 Å². The fourth-order valence-corrected chi connectivity index (χ4v) is 3.78. The highest BCUT2D eigenvalue weighted by Gasteiger charge is 2.32. The molecule has 0 aromatic heterocycles. The third-order valence-corrected chi connectivity index (χ3v) is 5.65. The molecular weight excluding hydrogens is 398 g/mol. The Morgan fingerprint density at radius 2 is 1.69 bits per heavy atom. The van der Waals surface area contributed by atoms with Gasteiger partial charge in [0.05, 0.1) is 4.90 Å². The number of hydrogen-bond acceptors (Lipinski definition) is 7. The van der Waals surface area contributed by atoms with E-state index in [0.717, 1.165) is 5.56 Å². The smallest absolute Gasteiger partial charge is 0.303 e. The quantitative estimate of drug-likeness (QED) is 0.549. The first-order valence-corrected chi connectivity index (χ1v) is 10.6. The lowest BCUT2D eigenvalue weighted by Gasteiger charge is -2.31. The van der Waals surface area contributed by atoms with Crippen molar-refractivity contribution in [3.63, 3.8) is 0 Å². The minimum Gasteiger partial charge on any atom is -0.463 e. The SMILES string of the molecule is CC(=O)OC[C@H]1O[C@H](NS(=O)(=O)c2ccc(C(C)(C)C)cc2)C=C[C@@H]1OC(C)=O. The Hall–Kier alpha value is -2.23. The normalized spacial score (nSPS) is 22.2. The average molecular weight is 426 g/mol. The van der Waals surface area contributed by atoms with Crippen molar-refractivity contribution in [2.24, 2.45) is 0 Å². The molecule has 0 bridgehead atoms. The summed E-state index contributed by atoms with van der Waals surface area (Å²) >= 11 is 0. The summed E-state index contributed by atoms with van der Waals surface area (Å²) in [5, 5.41) is 0. The molecule has 0 saturated carbocycles. The molecule has 1 aliphatic heterocycles. The van der Waals surface area contributed by atoms with Crippen LogP contribution in [0.1, 0.15) is 40.2 Å². The van der Waals surface area contributed by atoms with Gasteiger partial charge in [0.25, 0.3) is 0 Å². The van der Waals surface area contributed by atoms with Gasteiger partial charge >= 0.3 is 11.9 Å². The number of nitrogens with one attached hydrogen (secondary N) is 1. The van der Waals surface area contributed by atoms with Crippen LogP contribution in [0.15, 0.2) is 41.3 Å². The Balaban J connectivity index is 2.14. The van der Waals surface area contributed by atoms with Crippen LogP contribution >= 0.6 is 0 Å². The molecule has 1 aromatic carbocycles. The van der Waals surface area contributed by atoms with Crippen molar-refractivity contribution in [3.8, 4) is 0 Å². The lowest BCUT2D eigenvalue weighted by Crippen LogP contribution is -2.47. The van der Waals surface area contributed by atoms with E-state index in [1.807, 2.05) is 20.8 Å². The molecule has 0 spiro atoms. The molecule has 0 aliphatic carbocycles. The van der Waals surface area contributed by atoms with Gasteiger partial charge in [-0.15, -0.1) is 0 Å². The maximum Gasteiger partial charge on any atom is 0.303 e. The average Bonchev–Trinajstić information content (AvgIpc) is 2.60. The first-order chi connectivity index (χ1) is 13.4. The van der Waals surface area contributed by atoms with Crippen LogP contribution in [-0.4, -0.2) is 45.4 Å². The molecule has 1 aromatic rings. The second-order valence-corrected chi connectivity index (χ2v) is 9.47. The van der Waals surface area contributed by atoms with Crippen LogP contribution in [0.3, 0.4) is 0 Å². The van der Waals surface area contributed by atoms with Crippen molar-refractivity contribution < 1.29 is 32.2 Å². The van der Waals surface area contributed by atoms with Gasteiger partial charge in [0.2, 0.25) is 10.0 Å². The Labute approximate surface area is 171 Å². The molecule has 0 radical (unpaired) electrons. The molecule has 160 valence electrons. The number of carbonyl (C=O) groups is 2. The van der Waals surface area contributed by atoms with Gasteiger partial charge in [0, 0.05) is 13.8 Å². The number of sulfonamides is 1. The Kier molecular flexibility index (Phi) is 7.20.